The van der Waals surface area contributed by atoms with Gasteiger partial charge >= 0.3 is 0 Å². The van der Waals surface area contributed by atoms with Crippen LogP contribution in [-0.4, -0.2) is 13.2 Å². The number of rotatable bonds is 9. The van der Waals surface area contributed by atoms with Crippen molar-refractivity contribution in [1.82, 2.24) is 0 Å². The van der Waals surface area contributed by atoms with E-state index in [1.165, 1.54) is 47.9 Å². The molecule has 0 amide bonds. The molecule has 2 nitrogen and oxygen atoms in total. The molecule has 0 heterocycles. The summed E-state index contributed by atoms with van der Waals surface area (Å²) in [5, 5.41) is 0. The maximum atomic E-state index is 5.88. The third kappa shape index (κ3) is 4.68. The molecule has 0 spiro atoms. The Labute approximate surface area is 145 Å². The van der Waals surface area contributed by atoms with Gasteiger partial charge in [-0.15, -0.1) is 0 Å². The second kappa shape index (κ2) is 9.00. The molecule has 1 aliphatic carbocycles. The average molecular weight is 324 g/mol. The predicted octanol–water partition coefficient (Wildman–Crippen LogP) is 4.86. The van der Waals surface area contributed by atoms with Crippen molar-refractivity contribution >= 4 is 0 Å². The summed E-state index contributed by atoms with van der Waals surface area (Å²) < 4.78 is 11.6. The largest absolute Gasteiger partial charge is 0.374 e. The summed E-state index contributed by atoms with van der Waals surface area (Å²) >= 11 is 0. The molecule has 1 aliphatic rings. The summed E-state index contributed by atoms with van der Waals surface area (Å²) in [6.07, 6.45) is 6.12. The second-order valence-corrected chi connectivity index (χ2v) is 6.58. The molecule has 0 N–H and O–H groups in total. The van der Waals surface area contributed by atoms with Gasteiger partial charge in [0.25, 0.3) is 0 Å². The molecule has 24 heavy (non-hydrogen) atoms. The van der Waals surface area contributed by atoms with Crippen LogP contribution in [0.3, 0.4) is 0 Å². The van der Waals surface area contributed by atoms with Gasteiger partial charge in [-0.25, -0.2) is 0 Å². The van der Waals surface area contributed by atoms with E-state index >= 15 is 0 Å². The predicted molar refractivity (Wildman–Crippen MR) is 98.2 cm³/mol. The van der Waals surface area contributed by atoms with Crippen molar-refractivity contribution in [2.75, 3.05) is 13.2 Å². The van der Waals surface area contributed by atoms with Gasteiger partial charge in [0.05, 0.1) is 26.4 Å². The standard InChI is InChI=1S/C22H28O2/c1-2-7-19-14-20-10-6-11-21(20)15-22(19)17-24-13-12-23-16-18-8-4-3-5-9-18/h3-5,8-9,14-15H,2,6-7,10-13,16-17H2,1H3. The number of aryl methyl sites for hydroxylation is 3. The molecule has 0 atom stereocenters. The van der Waals surface area contributed by atoms with Crippen molar-refractivity contribution in [3.05, 3.63) is 70.3 Å². The minimum atomic E-state index is 0.642. The molecule has 2 heteroatoms. The van der Waals surface area contributed by atoms with Crippen LogP contribution < -0.4 is 0 Å². The summed E-state index contributed by atoms with van der Waals surface area (Å²) in [5.41, 5.74) is 7.16. The van der Waals surface area contributed by atoms with Gasteiger partial charge in [0.1, 0.15) is 0 Å². The molecule has 0 aliphatic heterocycles. The topological polar surface area (TPSA) is 18.5 Å². The van der Waals surface area contributed by atoms with Crippen LogP contribution in [0.25, 0.3) is 0 Å². The van der Waals surface area contributed by atoms with E-state index in [1.54, 1.807) is 5.56 Å². The van der Waals surface area contributed by atoms with Crippen LogP contribution in [0.15, 0.2) is 42.5 Å². The average Bonchev–Trinajstić information content (AvgIpc) is 3.06. The van der Waals surface area contributed by atoms with Gasteiger partial charge in [-0.2, -0.15) is 0 Å². The number of ether oxygens (including phenoxy) is 2. The van der Waals surface area contributed by atoms with E-state index in [1.807, 2.05) is 18.2 Å². The van der Waals surface area contributed by atoms with Gasteiger partial charge in [0.2, 0.25) is 0 Å². The first-order valence-corrected chi connectivity index (χ1v) is 9.19. The first kappa shape index (κ1) is 17.2. The van der Waals surface area contributed by atoms with Crippen LogP contribution in [0.1, 0.15) is 47.6 Å². The van der Waals surface area contributed by atoms with Gasteiger partial charge in [-0.1, -0.05) is 55.8 Å². The third-order valence-corrected chi connectivity index (χ3v) is 4.67. The maximum Gasteiger partial charge on any atom is 0.0720 e. The Bertz CT molecular complexity index is 634. The van der Waals surface area contributed by atoms with E-state index in [4.69, 9.17) is 9.47 Å². The lowest BCUT2D eigenvalue weighted by Gasteiger charge is -2.13. The summed E-state index contributed by atoms with van der Waals surface area (Å²) in [6.45, 7) is 4.90. The Morgan fingerprint density at radius 3 is 2.21 bits per heavy atom. The Morgan fingerprint density at radius 2 is 1.50 bits per heavy atom. The highest BCUT2D eigenvalue weighted by Gasteiger charge is 2.14. The molecule has 2 aromatic rings. The van der Waals surface area contributed by atoms with E-state index < -0.39 is 0 Å². The van der Waals surface area contributed by atoms with Gasteiger partial charge in [0, 0.05) is 0 Å². The molecule has 0 saturated carbocycles. The molecule has 0 radical (unpaired) electrons. The molecular weight excluding hydrogens is 296 g/mol. The maximum absolute atomic E-state index is 5.88. The quantitative estimate of drug-likeness (QED) is 0.613. The van der Waals surface area contributed by atoms with Crippen molar-refractivity contribution in [3.8, 4) is 0 Å². The van der Waals surface area contributed by atoms with E-state index in [0.29, 0.717) is 26.4 Å². The second-order valence-electron chi connectivity index (χ2n) is 6.58. The zero-order valence-corrected chi connectivity index (χ0v) is 14.7. The van der Waals surface area contributed by atoms with Crippen LogP contribution in [-0.2, 0) is 41.9 Å². The van der Waals surface area contributed by atoms with E-state index in [0.717, 1.165) is 6.42 Å². The molecule has 3 rings (SSSR count). The Hall–Kier alpha value is -1.64. The molecular formula is C22H28O2. The molecule has 0 bridgehead atoms. The van der Waals surface area contributed by atoms with Gasteiger partial charge < -0.3 is 9.47 Å². The van der Waals surface area contributed by atoms with Crippen molar-refractivity contribution in [2.45, 2.75) is 52.2 Å². The highest BCUT2D eigenvalue weighted by Crippen LogP contribution is 2.27. The van der Waals surface area contributed by atoms with Crippen molar-refractivity contribution in [3.63, 3.8) is 0 Å². The van der Waals surface area contributed by atoms with E-state index in [-0.39, 0.29) is 0 Å². The molecule has 0 fully saturated rings. The smallest absolute Gasteiger partial charge is 0.0720 e. The fourth-order valence-electron chi connectivity index (χ4n) is 3.43. The van der Waals surface area contributed by atoms with Crippen LogP contribution in [0.5, 0.6) is 0 Å². The lowest BCUT2D eigenvalue weighted by atomic mass is 9.97. The summed E-state index contributed by atoms with van der Waals surface area (Å²) in [6, 6.07) is 15.1. The van der Waals surface area contributed by atoms with Crippen LogP contribution >= 0.6 is 0 Å². The summed E-state index contributed by atoms with van der Waals surface area (Å²) in [7, 11) is 0. The first-order valence-electron chi connectivity index (χ1n) is 9.19. The Kier molecular flexibility index (Phi) is 6.45. The molecule has 0 saturated heterocycles. The summed E-state index contributed by atoms with van der Waals surface area (Å²) in [4.78, 5) is 0. The minimum Gasteiger partial charge on any atom is -0.374 e. The number of hydrogen-bond acceptors (Lipinski definition) is 2. The first-order chi connectivity index (χ1) is 11.9. The minimum absolute atomic E-state index is 0.642. The van der Waals surface area contributed by atoms with Crippen molar-refractivity contribution in [2.24, 2.45) is 0 Å². The Morgan fingerprint density at radius 1 is 0.833 bits per heavy atom. The monoisotopic (exact) mass is 324 g/mol. The fourth-order valence-corrected chi connectivity index (χ4v) is 3.43. The van der Waals surface area contributed by atoms with E-state index in [9.17, 15) is 0 Å². The van der Waals surface area contributed by atoms with Gasteiger partial charge in [-0.3, -0.25) is 0 Å². The number of benzene rings is 2. The Balaban J connectivity index is 1.44. The fraction of sp³-hybridized carbons (Fsp3) is 0.455. The highest BCUT2D eigenvalue weighted by atomic mass is 16.5. The van der Waals surface area contributed by atoms with Crippen molar-refractivity contribution < 1.29 is 9.47 Å². The van der Waals surface area contributed by atoms with Crippen molar-refractivity contribution in [1.29, 1.82) is 0 Å². The molecule has 128 valence electrons. The SMILES string of the molecule is CCCc1cc2c(cc1COCCOCc1ccccc1)CCC2. The summed E-state index contributed by atoms with van der Waals surface area (Å²) in [5.74, 6) is 0. The van der Waals surface area contributed by atoms with Crippen LogP contribution in [0, 0.1) is 0 Å². The lowest BCUT2D eigenvalue weighted by Crippen LogP contribution is -2.06. The normalized spacial score (nSPS) is 13.2. The van der Waals surface area contributed by atoms with E-state index in [2.05, 4.69) is 31.2 Å². The van der Waals surface area contributed by atoms with Crippen LogP contribution in [0.4, 0.5) is 0 Å². The van der Waals surface area contributed by atoms with Gasteiger partial charge in [-0.05, 0) is 53.5 Å². The number of fused-ring (bicyclic) bond motifs is 1. The molecule has 2 aromatic carbocycles. The zero-order valence-electron chi connectivity index (χ0n) is 14.7. The van der Waals surface area contributed by atoms with Gasteiger partial charge in [0.15, 0.2) is 0 Å². The zero-order chi connectivity index (χ0) is 16.6. The molecule has 0 unspecified atom stereocenters. The third-order valence-electron chi connectivity index (χ3n) is 4.67. The number of hydrogen-bond donors (Lipinski definition) is 0. The lowest BCUT2D eigenvalue weighted by molar-refractivity contribution is 0.0336. The molecule has 0 aromatic heterocycles. The highest BCUT2D eigenvalue weighted by molar-refractivity contribution is 5.40. The van der Waals surface area contributed by atoms with Crippen LogP contribution in [0.2, 0.25) is 0 Å².